The molecule has 6 rings (SSSR count). The highest BCUT2D eigenvalue weighted by Gasteiger charge is 2.42. The second-order valence-corrected chi connectivity index (χ2v) is 18.5. The van der Waals surface area contributed by atoms with Gasteiger partial charge < -0.3 is 63.5 Å². The molecule has 3 heterocycles. The lowest BCUT2D eigenvalue weighted by atomic mass is 9.89. The zero-order valence-corrected chi connectivity index (χ0v) is 44.8. The molecule has 0 saturated carbocycles. The van der Waals surface area contributed by atoms with Crippen LogP contribution >= 0.6 is 0 Å². The number of carboxylic acids is 1. The number of benzene rings is 3. The number of urea groups is 1. The van der Waals surface area contributed by atoms with Crippen molar-refractivity contribution in [1.82, 2.24) is 25.8 Å². The molecule has 21 heteroatoms. The Hall–Kier alpha value is -6.62. The largest absolute Gasteiger partial charge is 0.480 e. The second-order valence-electron chi connectivity index (χ2n) is 18.5. The van der Waals surface area contributed by atoms with E-state index in [1.807, 2.05) is 64.1 Å². The number of carboxylic acid groups (broad SMARTS) is 1. The number of amides is 4. The van der Waals surface area contributed by atoms with Gasteiger partial charge in [0, 0.05) is 92.4 Å². The Balaban J connectivity index is 0.818. The maximum Gasteiger partial charge on any atom is 0.407 e. The van der Waals surface area contributed by atoms with Crippen molar-refractivity contribution in [2.45, 2.75) is 91.8 Å². The van der Waals surface area contributed by atoms with Gasteiger partial charge in [0.25, 0.3) is 5.91 Å². The molecule has 76 heavy (non-hydrogen) atoms. The molecule has 4 aliphatic rings. The van der Waals surface area contributed by atoms with Crippen molar-refractivity contribution >= 4 is 46.6 Å². The lowest BCUT2D eigenvalue weighted by molar-refractivity contribution is -0.159. The SMILES string of the molecule is CC/N=c1/cc2oc3cc(NCC)c(C)cc3c(-c3ccccc3C(=O)N(C)CCOC(=O)NCCCOCCOCCOCCCNC3NC(=O)N(C4CC(OC(=O)COCC(=O)O)C(CC)O4)C=C3C)c-2cc1C. The summed E-state index contributed by atoms with van der Waals surface area (Å²) < 4.78 is 45.2. The molecule has 1 fully saturated rings. The van der Waals surface area contributed by atoms with Crippen LogP contribution in [0.15, 0.2) is 69.7 Å². The van der Waals surface area contributed by atoms with E-state index in [0.29, 0.717) is 95.4 Å². The number of nitrogens with one attached hydrogen (secondary N) is 4. The molecule has 5 N–H and O–H groups in total. The number of likely N-dealkylation sites (N-methyl/N-ethyl adjacent to an activating group) is 1. The van der Waals surface area contributed by atoms with Crippen LogP contribution in [0, 0.1) is 13.8 Å². The molecule has 4 amide bonds. The highest BCUT2D eigenvalue weighted by molar-refractivity contribution is 6.09. The zero-order valence-electron chi connectivity index (χ0n) is 44.8. The van der Waals surface area contributed by atoms with Crippen molar-refractivity contribution in [2.75, 3.05) is 105 Å². The highest BCUT2D eigenvalue weighted by atomic mass is 16.6. The third-order valence-corrected chi connectivity index (χ3v) is 12.7. The average molecular weight is 1060 g/mol. The smallest absolute Gasteiger partial charge is 0.407 e. The summed E-state index contributed by atoms with van der Waals surface area (Å²) in [5.41, 5.74) is 7.66. The number of fused-ring (bicyclic) bond motifs is 2. The molecular formula is C55H75N7O14. The quantitative estimate of drug-likeness (QED) is 0.0222. The Labute approximate surface area is 443 Å². The van der Waals surface area contributed by atoms with Gasteiger partial charge in [0.2, 0.25) is 0 Å². The van der Waals surface area contributed by atoms with Crippen molar-refractivity contribution in [2.24, 2.45) is 4.99 Å². The summed E-state index contributed by atoms with van der Waals surface area (Å²) in [7, 11) is 1.70. The van der Waals surface area contributed by atoms with Gasteiger partial charge in [0.15, 0.2) is 0 Å². The van der Waals surface area contributed by atoms with Crippen LogP contribution in [-0.2, 0) is 42.7 Å². The lowest BCUT2D eigenvalue weighted by Gasteiger charge is -2.34. The van der Waals surface area contributed by atoms with E-state index >= 15 is 0 Å². The molecule has 0 aromatic heterocycles. The second kappa shape index (κ2) is 29.6. The Morgan fingerprint density at radius 2 is 1.59 bits per heavy atom. The first-order valence-corrected chi connectivity index (χ1v) is 26.1. The standard InChI is InChI=1S/C55H75N7O14/c1-8-44-47(76-50(65)34-72-33-49(63)64)31-48(75-44)62-32-37(6)52(60-54(62)67)58-17-13-20-69-23-25-71-26-24-70-21-14-18-59-55(68)73-22-19-61(7)53(66)39-16-12-11-15-38(39)51-40-27-35(4)42(56-9-2)29-45(40)74-46-30-43(57-10-3)36(5)28-41(46)51/h11-12,15-16,27-30,32,44,47-48,52,56,58H,8-10,13-14,17-26,31,33-34H2,1-7H3,(H,59,68)(H,60,67)(H,63,64)/b57-43-. The number of aliphatic carboxylic acids is 1. The fourth-order valence-electron chi connectivity index (χ4n) is 8.92. The summed E-state index contributed by atoms with van der Waals surface area (Å²) in [6, 6.07) is 15.4. The summed E-state index contributed by atoms with van der Waals surface area (Å²) in [6.07, 6.45) is 1.18. The van der Waals surface area contributed by atoms with Crippen LogP contribution in [0.3, 0.4) is 0 Å². The molecule has 0 bridgehead atoms. The van der Waals surface area contributed by atoms with Gasteiger partial charge in [-0.15, -0.1) is 0 Å². The van der Waals surface area contributed by atoms with Crippen molar-refractivity contribution in [3.63, 3.8) is 0 Å². The maximum atomic E-state index is 14.1. The number of anilines is 1. The lowest BCUT2D eigenvalue weighted by Crippen LogP contribution is -2.56. The van der Waals surface area contributed by atoms with Gasteiger partial charge in [-0.05, 0) is 101 Å². The van der Waals surface area contributed by atoms with Gasteiger partial charge >= 0.3 is 24.1 Å². The van der Waals surface area contributed by atoms with Crippen LogP contribution in [0.4, 0.5) is 15.3 Å². The predicted molar refractivity (Wildman–Crippen MR) is 284 cm³/mol. The number of nitrogens with zero attached hydrogens (tertiary/aromatic N) is 3. The van der Waals surface area contributed by atoms with E-state index < -0.39 is 49.7 Å². The number of aryl methyl sites for hydroxylation is 2. The summed E-state index contributed by atoms with van der Waals surface area (Å²) in [5, 5.41) is 22.9. The first-order chi connectivity index (χ1) is 36.7. The first kappa shape index (κ1) is 58.6. The van der Waals surface area contributed by atoms with E-state index in [4.69, 9.17) is 42.7 Å². The molecule has 2 aromatic rings. The number of alkyl carbamates (subject to hydrolysis) is 1. The van der Waals surface area contributed by atoms with Gasteiger partial charge in [0.1, 0.15) is 49.7 Å². The van der Waals surface area contributed by atoms with Gasteiger partial charge in [-0.25, -0.2) is 19.2 Å². The Kier molecular flexibility index (Phi) is 22.9. The third-order valence-electron chi connectivity index (χ3n) is 12.7. The number of carbonyl (C=O) groups is 5. The summed E-state index contributed by atoms with van der Waals surface area (Å²) in [4.78, 5) is 70.2. The molecule has 2 aromatic carbocycles. The Bertz CT molecular complexity index is 2680. The van der Waals surface area contributed by atoms with Crippen LogP contribution < -0.4 is 26.6 Å². The molecule has 3 aliphatic heterocycles. The molecule has 4 atom stereocenters. The molecule has 4 unspecified atom stereocenters. The molecule has 414 valence electrons. The van der Waals surface area contributed by atoms with E-state index in [1.165, 1.54) is 4.90 Å². The number of hydrogen-bond acceptors (Lipinski definition) is 16. The number of esters is 1. The minimum atomic E-state index is -1.19. The van der Waals surface area contributed by atoms with Crippen molar-refractivity contribution in [3.05, 3.63) is 82.4 Å². The van der Waals surface area contributed by atoms with Gasteiger partial charge in [-0.3, -0.25) is 20.0 Å². The Morgan fingerprint density at radius 1 is 0.868 bits per heavy atom. The summed E-state index contributed by atoms with van der Waals surface area (Å²) in [6.45, 7) is 15.9. The summed E-state index contributed by atoms with van der Waals surface area (Å²) in [5.74, 6) is -1.42. The van der Waals surface area contributed by atoms with Gasteiger partial charge in [-0.2, -0.15) is 0 Å². The van der Waals surface area contributed by atoms with E-state index in [2.05, 4.69) is 52.2 Å². The van der Waals surface area contributed by atoms with Crippen molar-refractivity contribution in [1.29, 1.82) is 0 Å². The fourth-order valence-corrected chi connectivity index (χ4v) is 8.92. The highest BCUT2D eigenvalue weighted by Crippen LogP contribution is 2.43. The van der Waals surface area contributed by atoms with E-state index in [-0.39, 0.29) is 37.7 Å². The minimum absolute atomic E-state index is 0.00832. The molecule has 0 spiro atoms. The molecule has 21 nitrogen and oxygen atoms in total. The maximum absolute atomic E-state index is 14.1. The fraction of sp³-hybridized carbons (Fsp3) is 0.527. The van der Waals surface area contributed by atoms with E-state index in [1.54, 1.807) is 18.1 Å². The number of rotatable bonds is 30. The molecule has 1 aliphatic carbocycles. The number of ether oxygens (including phenoxy) is 7. The van der Waals surface area contributed by atoms with Crippen LogP contribution in [0.1, 0.15) is 74.9 Å². The third kappa shape index (κ3) is 16.4. The normalized spacial score (nSPS) is 17.7. The average Bonchev–Trinajstić information content (AvgIpc) is 3.81. The molecular weight excluding hydrogens is 983 g/mol. The van der Waals surface area contributed by atoms with Crippen molar-refractivity contribution < 1.29 is 66.7 Å². The van der Waals surface area contributed by atoms with Crippen LogP contribution in [0.5, 0.6) is 0 Å². The van der Waals surface area contributed by atoms with Crippen LogP contribution in [-0.4, -0.2) is 169 Å². The molecule has 1 saturated heterocycles. The van der Waals surface area contributed by atoms with Crippen molar-refractivity contribution in [3.8, 4) is 22.5 Å². The predicted octanol–water partition coefficient (Wildman–Crippen LogP) is 6.18. The topological polar surface area (TPSA) is 250 Å². The first-order valence-electron chi connectivity index (χ1n) is 26.1. The summed E-state index contributed by atoms with van der Waals surface area (Å²) >= 11 is 0. The van der Waals surface area contributed by atoms with E-state index in [0.717, 1.165) is 56.4 Å². The number of carbonyl (C=O) groups excluding carboxylic acids is 4. The van der Waals surface area contributed by atoms with E-state index in [9.17, 15) is 24.0 Å². The van der Waals surface area contributed by atoms with Crippen LogP contribution in [0.2, 0.25) is 0 Å². The van der Waals surface area contributed by atoms with Gasteiger partial charge in [-0.1, -0.05) is 25.1 Å². The van der Waals surface area contributed by atoms with Gasteiger partial charge in [0.05, 0.1) is 44.4 Å². The Morgan fingerprint density at radius 3 is 2.30 bits per heavy atom. The minimum Gasteiger partial charge on any atom is -0.480 e. The number of hydrogen-bond donors (Lipinski definition) is 5. The molecule has 0 radical (unpaired) electrons. The zero-order chi connectivity index (χ0) is 54.6. The monoisotopic (exact) mass is 1060 g/mol. The van der Waals surface area contributed by atoms with Crippen LogP contribution in [0.25, 0.3) is 33.4 Å².